The highest BCUT2D eigenvalue weighted by Crippen LogP contribution is 2.24. The Bertz CT molecular complexity index is 837. The van der Waals surface area contributed by atoms with E-state index in [1.807, 2.05) is 30.3 Å². The molecule has 2 N–H and O–H groups in total. The lowest BCUT2D eigenvalue weighted by atomic mass is 9.86. The lowest BCUT2D eigenvalue weighted by Gasteiger charge is -2.29. The molecule has 1 aliphatic rings. The lowest BCUT2D eigenvalue weighted by molar-refractivity contribution is -0.123. The summed E-state index contributed by atoms with van der Waals surface area (Å²) in [6.07, 6.45) is 4.21. The van der Waals surface area contributed by atoms with Crippen molar-refractivity contribution in [3.8, 4) is 10.6 Å². The molecule has 1 saturated carbocycles. The van der Waals surface area contributed by atoms with Gasteiger partial charge in [0.1, 0.15) is 5.01 Å². The average Bonchev–Trinajstić information content (AvgIpc) is 3.19. The second-order valence-electron chi connectivity index (χ2n) is 6.87. The molecule has 0 aliphatic heterocycles. The van der Waals surface area contributed by atoms with Gasteiger partial charge >= 0.3 is 12.0 Å². The van der Waals surface area contributed by atoms with E-state index < -0.39 is 24.5 Å². The van der Waals surface area contributed by atoms with Crippen LogP contribution < -0.4 is 10.6 Å². The number of thiazole rings is 1. The quantitative estimate of drug-likeness (QED) is 0.749. The number of imide groups is 1. The fraction of sp³-hybridized carbons (Fsp3) is 0.400. The van der Waals surface area contributed by atoms with E-state index in [0.717, 1.165) is 24.8 Å². The molecule has 0 radical (unpaired) electrons. The number of aromatic nitrogens is 1. The molecule has 1 fully saturated rings. The van der Waals surface area contributed by atoms with Gasteiger partial charge in [-0.3, -0.25) is 10.1 Å². The van der Waals surface area contributed by atoms with Gasteiger partial charge in [-0.05, 0) is 18.8 Å². The summed E-state index contributed by atoms with van der Waals surface area (Å²) in [6.45, 7) is 1.55. The molecule has 2 aromatic rings. The van der Waals surface area contributed by atoms with Crippen molar-refractivity contribution in [1.29, 1.82) is 0 Å². The number of esters is 1. The summed E-state index contributed by atoms with van der Waals surface area (Å²) in [7, 11) is 0. The van der Waals surface area contributed by atoms with E-state index in [0.29, 0.717) is 10.9 Å². The van der Waals surface area contributed by atoms with Crippen molar-refractivity contribution in [1.82, 2.24) is 15.6 Å². The summed E-state index contributed by atoms with van der Waals surface area (Å²) in [5.74, 6) is -0.987. The van der Waals surface area contributed by atoms with E-state index in [-0.39, 0.29) is 11.7 Å². The van der Waals surface area contributed by atoms with Crippen LogP contribution in [-0.4, -0.2) is 35.5 Å². The van der Waals surface area contributed by atoms with Gasteiger partial charge in [0.05, 0.1) is 0 Å². The molecule has 7 nitrogen and oxygen atoms in total. The Morgan fingerprint density at radius 1 is 1.18 bits per heavy atom. The minimum Gasteiger partial charge on any atom is -0.451 e. The van der Waals surface area contributed by atoms with E-state index in [9.17, 15) is 14.4 Å². The summed E-state index contributed by atoms with van der Waals surface area (Å²) in [5.41, 5.74) is 1.04. The largest absolute Gasteiger partial charge is 0.451 e. The van der Waals surface area contributed by atoms with Crippen LogP contribution in [0.1, 0.15) is 43.1 Å². The van der Waals surface area contributed by atoms with Crippen LogP contribution in [0.5, 0.6) is 0 Å². The Balaban J connectivity index is 1.44. The Kier molecular flexibility index (Phi) is 6.76. The number of benzene rings is 1. The molecule has 28 heavy (non-hydrogen) atoms. The maximum Gasteiger partial charge on any atom is 0.358 e. The third-order valence-corrected chi connectivity index (χ3v) is 5.64. The number of carbonyl (C=O) groups excluding carboxylic acids is 3. The van der Waals surface area contributed by atoms with E-state index in [1.165, 1.54) is 17.8 Å². The van der Waals surface area contributed by atoms with E-state index in [4.69, 9.17) is 4.74 Å². The molecule has 0 bridgehead atoms. The third-order valence-electron chi connectivity index (χ3n) is 4.75. The zero-order chi connectivity index (χ0) is 19.9. The Hall–Kier alpha value is -2.74. The normalized spacial score (nSPS) is 18.9. The first kappa shape index (κ1) is 20.0. The second-order valence-corrected chi connectivity index (χ2v) is 7.73. The van der Waals surface area contributed by atoms with Crippen LogP contribution in [0.15, 0.2) is 35.7 Å². The topological polar surface area (TPSA) is 97.4 Å². The smallest absolute Gasteiger partial charge is 0.358 e. The summed E-state index contributed by atoms with van der Waals surface area (Å²) < 4.78 is 4.96. The Morgan fingerprint density at radius 3 is 2.68 bits per heavy atom. The first-order chi connectivity index (χ1) is 13.5. The standard InChI is InChI=1S/C20H23N3O4S/c1-13-7-5-6-10-15(13)22-20(26)23-17(24)11-27-19(25)16-12-28-18(21-16)14-8-3-2-4-9-14/h2-4,8-9,12-13,15H,5-7,10-11H2,1H3,(H2,22,23,24,26)/t13-,15+/m1/s1. The van der Waals surface area contributed by atoms with Crippen molar-refractivity contribution in [2.45, 2.75) is 38.6 Å². The molecule has 1 aromatic carbocycles. The molecule has 3 rings (SSSR count). The highest BCUT2D eigenvalue weighted by Gasteiger charge is 2.23. The van der Waals surface area contributed by atoms with Crippen LogP contribution in [0.25, 0.3) is 10.6 Å². The molecule has 0 unspecified atom stereocenters. The predicted molar refractivity (Wildman–Crippen MR) is 106 cm³/mol. The molecule has 1 aliphatic carbocycles. The number of hydrogen-bond acceptors (Lipinski definition) is 6. The highest BCUT2D eigenvalue weighted by molar-refractivity contribution is 7.13. The predicted octanol–water partition coefficient (Wildman–Crippen LogP) is 3.37. The van der Waals surface area contributed by atoms with Crippen LogP contribution in [0.3, 0.4) is 0 Å². The molecule has 3 amide bonds. The van der Waals surface area contributed by atoms with Crippen molar-refractivity contribution < 1.29 is 19.1 Å². The average molecular weight is 401 g/mol. The monoisotopic (exact) mass is 401 g/mol. The van der Waals surface area contributed by atoms with Gasteiger partial charge in [-0.1, -0.05) is 50.1 Å². The van der Waals surface area contributed by atoms with Crippen LogP contribution in [0.4, 0.5) is 4.79 Å². The minimum absolute atomic E-state index is 0.0653. The van der Waals surface area contributed by atoms with Crippen molar-refractivity contribution in [3.63, 3.8) is 0 Å². The summed E-state index contributed by atoms with van der Waals surface area (Å²) in [6, 6.07) is 8.97. The van der Waals surface area contributed by atoms with Crippen LogP contribution >= 0.6 is 11.3 Å². The lowest BCUT2D eigenvalue weighted by Crippen LogP contribution is -2.48. The summed E-state index contributed by atoms with van der Waals surface area (Å²) in [4.78, 5) is 40.1. The van der Waals surface area contributed by atoms with Crippen molar-refractivity contribution >= 4 is 29.2 Å². The number of nitrogens with one attached hydrogen (secondary N) is 2. The van der Waals surface area contributed by atoms with Crippen molar-refractivity contribution in [2.24, 2.45) is 5.92 Å². The van der Waals surface area contributed by atoms with E-state index >= 15 is 0 Å². The molecule has 8 heteroatoms. The summed E-state index contributed by atoms with van der Waals surface area (Å²) >= 11 is 1.32. The Labute approximate surface area is 167 Å². The molecule has 148 valence electrons. The fourth-order valence-corrected chi connectivity index (χ4v) is 3.98. The number of rotatable bonds is 5. The van der Waals surface area contributed by atoms with E-state index in [2.05, 4.69) is 22.5 Å². The number of nitrogens with zero attached hydrogens (tertiary/aromatic N) is 1. The molecular weight excluding hydrogens is 378 g/mol. The zero-order valence-corrected chi connectivity index (χ0v) is 16.5. The third kappa shape index (κ3) is 5.39. The maximum absolute atomic E-state index is 12.1. The molecule has 1 aromatic heterocycles. The van der Waals surface area contributed by atoms with Crippen molar-refractivity contribution in [3.05, 3.63) is 41.4 Å². The first-order valence-corrected chi connectivity index (χ1v) is 10.2. The van der Waals surface area contributed by atoms with Crippen LogP contribution in [0.2, 0.25) is 0 Å². The van der Waals surface area contributed by atoms with Gasteiger partial charge in [-0.25, -0.2) is 14.6 Å². The summed E-state index contributed by atoms with van der Waals surface area (Å²) in [5, 5.41) is 7.30. The molecule has 0 spiro atoms. The number of carbonyl (C=O) groups is 3. The van der Waals surface area contributed by atoms with Crippen molar-refractivity contribution in [2.75, 3.05) is 6.61 Å². The van der Waals surface area contributed by atoms with Crippen LogP contribution in [0, 0.1) is 5.92 Å². The number of amides is 3. The number of ether oxygens (including phenoxy) is 1. The maximum atomic E-state index is 12.1. The minimum atomic E-state index is -0.699. The molecular formula is C20H23N3O4S. The van der Waals surface area contributed by atoms with Gasteiger partial charge in [0.15, 0.2) is 12.3 Å². The molecule has 1 heterocycles. The SMILES string of the molecule is C[C@@H]1CCCC[C@@H]1NC(=O)NC(=O)COC(=O)c1csc(-c2ccccc2)n1. The number of hydrogen-bond donors (Lipinski definition) is 2. The second kappa shape index (κ2) is 9.45. The van der Waals surface area contributed by atoms with Gasteiger partial charge < -0.3 is 10.1 Å². The Morgan fingerprint density at radius 2 is 1.93 bits per heavy atom. The highest BCUT2D eigenvalue weighted by atomic mass is 32.1. The molecule has 0 saturated heterocycles. The fourth-order valence-electron chi connectivity index (χ4n) is 3.18. The van der Waals surface area contributed by atoms with Gasteiger partial charge in [0, 0.05) is 17.0 Å². The van der Waals surface area contributed by atoms with E-state index in [1.54, 1.807) is 5.38 Å². The molecule has 2 atom stereocenters. The van der Waals surface area contributed by atoms with Crippen LogP contribution in [-0.2, 0) is 9.53 Å². The van der Waals surface area contributed by atoms with Gasteiger partial charge in [0.25, 0.3) is 5.91 Å². The first-order valence-electron chi connectivity index (χ1n) is 9.31. The van der Waals surface area contributed by atoms with Gasteiger partial charge in [-0.15, -0.1) is 11.3 Å². The van der Waals surface area contributed by atoms with Gasteiger partial charge in [-0.2, -0.15) is 0 Å². The number of urea groups is 1. The van der Waals surface area contributed by atoms with Gasteiger partial charge in [0.2, 0.25) is 0 Å². The zero-order valence-electron chi connectivity index (χ0n) is 15.6.